The fraction of sp³-hybridized carbons (Fsp3) is 0.474. The zero-order chi connectivity index (χ0) is 16.7. The molecule has 0 aliphatic carbocycles. The molecule has 2 rings (SSSR count). The van der Waals surface area contributed by atoms with Crippen molar-refractivity contribution in [1.29, 1.82) is 0 Å². The quantitative estimate of drug-likeness (QED) is 0.761. The van der Waals surface area contributed by atoms with E-state index in [1.807, 2.05) is 12.4 Å². The third-order valence-corrected chi connectivity index (χ3v) is 3.98. The van der Waals surface area contributed by atoms with Gasteiger partial charge in [0.1, 0.15) is 0 Å². The molecule has 0 atom stereocenters. The number of pyridine rings is 2. The first-order valence-electron chi connectivity index (χ1n) is 8.34. The number of unbranched alkanes of at least 4 members (excludes halogenated alkanes) is 1. The van der Waals surface area contributed by atoms with Crippen molar-refractivity contribution in [1.82, 2.24) is 14.9 Å². The van der Waals surface area contributed by atoms with E-state index in [1.54, 1.807) is 0 Å². The van der Waals surface area contributed by atoms with E-state index < -0.39 is 0 Å². The van der Waals surface area contributed by atoms with Gasteiger partial charge in [0.05, 0.1) is 11.4 Å². The first-order chi connectivity index (χ1) is 11.1. The molecule has 23 heavy (non-hydrogen) atoms. The van der Waals surface area contributed by atoms with Crippen molar-refractivity contribution < 1.29 is 0 Å². The molecule has 0 aromatic carbocycles. The summed E-state index contributed by atoms with van der Waals surface area (Å²) in [5.74, 6) is 0. The predicted octanol–water partition coefficient (Wildman–Crippen LogP) is 3.14. The Balaban J connectivity index is 2.07. The first-order valence-corrected chi connectivity index (χ1v) is 8.34. The van der Waals surface area contributed by atoms with Gasteiger partial charge in [-0.2, -0.15) is 0 Å². The molecule has 0 amide bonds. The number of nitrogens with zero attached hydrogens (tertiary/aromatic N) is 3. The normalized spacial score (nSPS) is 11.2. The Hall–Kier alpha value is -1.78. The summed E-state index contributed by atoms with van der Waals surface area (Å²) in [5, 5.41) is 0. The Bertz CT molecular complexity index is 607. The van der Waals surface area contributed by atoms with Crippen LogP contribution in [0.4, 0.5) is 0 Å². The van der Waals surface area contributed by atoms with Crippen LogP contribution in [-0.4, -0.2) is 28.0 Å². The lowest BCUT2D eigenvalue weighted by atomic mass is 10.1. The maximum Gasteiger partial charge on any atom is 0.0573 e. The fourth-order valence-electron chi connectivity index (χ4n) is 2.64. The van der Waals surface area contributed by atoms with Crippen LogP contribution in [-0.2, 0) is 13.1 Å². The summed E-state index contributed by atoms with van der Waals surface area (Å²) in [6.07, 6.45) is 6.04. The first kappa shape index (κ1) is 17.6. The lowest BCUT2D eigenvalue weighted by Crippen LogP contribution is -2.26. The molecule has 4 heteroatoms. The number of nitrogens with two attached hydrogens (primary N) is 1. The average molecular weight is 312 g/mol. The zero-order valence-corrected chi connectivity index (χ0v) is 14.5. The third-order valence-electron chi connectivity index (χ3n) is 3.98. The minimum absolute atomic E-state index is 0.748. The van der Waals surface area contributed by atoms with Crippen LogP contribution in [0.15, 0.2) is 30.6 Å². The van der Waals surface area contributed by atoms with Crippen LogP contribution in [0.25, 0.3) is 0 Å². The van der Waals surface area contributed by atoms with Crippen LogP contribution in [0.3, 0.4) is 0 Å². The summed E-state index contributed by atoms with van der Waals surface area (Å²) in [6, 6.07) is 6.43. The molecule has 0 saturated heterocycles. The van der Waals surface area contributed by atoms with Crippen molar-refractivity contribution >= 4 is 0 Å². The van der Waals surface area contributed by atoms with Gasteiger partial charge in [0.15, 0.2) is 0 Å². The lowest BCUT2D eigenvalue weighted by molar-refractivity contribution is 0.245. The molecule has 2 N–H and O–H groups in total. The number of hydrogen-bond donors (Lipinski definition) is 1. The van der Waals surface area contributed by atoms with E-state index in [9.17, 15) is 0 Å². The Morgan fingerprint density at radius 1 is 0.957 bits per heavy atom. The monoisotopic (exact) mass is 312 g/mol. The Morgan fingerprint density at radius 2 is 1.74 bits per heavy atom. The van der Waals surface area contributed by atoms with E-state index in [1.165, 1.54) is 16.7 Å². The average Bonchev–Trinajstić information content (AvgIpc) is 2.52. The topological polar surface area (TPSA) is 55.0 Å². The molecule has 2 aromatic rings. The molecular weight excluding hydrogens is 284 g/mol. The molecule has 0 radical (unpaired) electrons. The second-order valence-electron chi connectivity index (χ2n) is 6.31. The summed E-state index contributed by atoms with van der Waals surface area (Å²) < 4.78 is 0. The fourth-order valence-corrected chi connectivity index (χ4v) is 2.64. The van der Waals surface area contributed by atoms with Crippen LogP contribution >= 0.6 is 0 Å². The molecule has 0 spiro atoms. The van der Waals surface area contributed by atoms with Gasteiger partial charge in [-0.25, -0.2) is 0 Å². The van der Waals surface area contributed by atoms with Crippen molar-refractivity contribution in [3.05, 3.63) is 58.7 Å². The summed E-state index contributed by atoms with van der Waals surface area (Å²) in [5.41, 5.74) is 11.5. The molecule has 0 fully saturated rings. The van der Waals surface area contributed by atoms with Gasteiger partial charge >= 0.3 is 0 Å². The maximum absolute atomic E-state index is 5.63. The Morgan fingerprint density at radius 3 is 2.39 bits per heavy atom. The van der Waals surface area contributed by atoms with Crippen molar-refractivity contribution in [3.63, 3.8) is 0 Å². The second-order valence-corrected chi connectivity index (χ2v) is 6.31. The molecule has 0 aliphatic heterocycles. The minimum atomic E-state index is 0.748. The highest BCUT2D eigenvalue weighted by atomic mass is 15.1. The minimum Gasteiger partial charge on any atom is -0.330 e. The molecule has 4 nitrogen and oxygen atoms in total. The van der Waals surface area contributed by atoms with Crippen LogP contribution in [0.2, 0.25) is 0 Å². The van der Waals surface area contributed by atoms with Gasteiger partial charge in [-0.05, 0) is 69.5 Å². The van der Waals surface area contributed by atoms with E-state index in [2.05, 4.69) is 53.8 Å². The highest BCUT2D eigenvalue weighted by Gasteiger charge is 2.10. The van der Waals surface area contributed by atoms with Crippen LogP contribution in [0, 0.1) is 20.8 Å². The number of aryl methyl sites for hydroxylation is 3. The summed E-state index contributed by atoms with van der Waals surface area (Å²) >= 11 is 0. The van der Waals surface area contributed by atoms with Crippen LogP contribution in [0.5, 0.6) is 0 Å². The largest absolute Gasteiger partial charge is 0.330 e. The van der Waals surface area contributed by atoms with E-state index in [4.69, 9.17) is 5.73 Å². The van der Waals surface area contributed by atoms with Crippen molar-refractivity contribution in [2.45, 2.75) is 46.7 Å². The van der Waals surface area contributed by atoms with Gasteiger partial charge in [-0.1, -0.05) is 12.1 Å². The standard InChI is InChI=1S/C19H28N4/c1-15-6-7-18(21-11-15)13-23(9-5-4-8-20)14-19-17(3)10-16(2)12-22-19/h6-7,10-12H,4-5,8-9,13-14,20H2,1-3H3. The van der Waals surface area contributed by atoms with E-state index in [0.717, 1.165) is 50.4 Å². The molecule has 2 heterocycles. The van der Waals surface area contributed by atoms with Gasteiger partial charge in [-0.3, -0.25) is 14.9 Å². The number of rotatable bonds is 8. The summed E-state index contributed by atoms with van der Waals surface area (Å²) in [4.78, 5) is 11.6. The van der Waals surface area contributed by atoms with Crippen molar-refractivity contribution in [3.8, 4) is 0 Å². The van der Waals surface area contributed by atoms with Crippen LogP contribution < -0.4 is 5.73 Å². The molecule has 0 bridgehead atoms. The number of hydrogen-bond acceptors (Lipinski definition) is 4. The third kappa shape index (κ3) is 5.73. The van der Waals surface area contributed by atoms with Crippen molar-refractivity contribution in [2.24, 2.45) is 5.73 Å². The highest BCUT2D eigenvalue weighted by molar-refractivity contribution is 5.23. The molecule has 124 valence electrons. The SMILES string of the molecule is Cc1ccc(CN(CCCCN)Cc2ncc(C)cc2C)nc1. The number of aromatic nitrogens is 2. The lowest BCUT2D eigenvalue weighted by Gasteiger charge is -2.22. The molecular formula is C19H28N4. The highest BCUT2D eigenvalue weighted by Crippen LogP contribution is 2.13. The van der Waals surface area contributed by atoms with Gasteiger partial charge in [-0.15, -0.1) is 0 Å². The Labute approximate surface area is 139 Å². The summed E-state index contributed by atoms with van der Waals surface area (Å²) in [6.45, 7) is 9.75. The van der Waals surface area contributed by atoms with Gasteiger partial charge in [0, 0.05) is 25.5 Å². The van der Waals surface area contributed by atoms with E-state index in [0.29, 0.717) is 0 Å². The summed E-state index contributed by atoms with van der Waals surface area (Å²) in [7, 11) is 0. The van der Waals surface area contributed by atoms with Gasteiger partial charge in [0.2, 0.25) is 0 Å². The van der Waals surface area contributed by atoms with Crippen LogP contribution in [0.1, 0.15) is 40.9 Å². The smallest absolute Gasteiger partial charge is 0.0573 e. The molecule has 2 aromatic heterocycles. The second kappa shape index (κ2) is 8.75. The van der Waals surface area contributed by atoms with E-state index in [-0.39, 0.29) is 0 Å². The maximum atomic E-state index is 5.63. The molecule has 0 aliphatic rings. The predicted molar refractivity (Wildman–Crippen MR) is 95.1 cm³/mol. The molecule has 0 unspecified atom stereocenters. The molecule has 0 saturated carbocycles. The van der Waals surface area contributed by atoms with Gasteiger partial charge < -0.3 is 5.73 Å². The van der Waals surface area contributed by atoms with Crippen molar-refractivity contribution in [2.75, 3.05) is 13.1 Å². The van der Waals surface area contributed by atoms with Gasteiger partial charge in [0.25, 0.3) is 0 Å². The Kier molecular flexibility index (Phi) is 6.68. The van der Waals surface area contributed by atoms with E-state index >= 15 is 0 Å². The zero-order valence-electron chi connectivity index (χ0n) is 14.5.